The van der Waals surface area contributed by atoms with Crippen molar-refractivity contribution in [3.05, 3.63) is 15.6 Å². The van der Waals surface area contributed by atoms with Gasteiger partial charge >= 0.3 is 0 Å². The fourth-order valence-electron chi connectivity index (χ4n) is 1.60. The Hall–Kier alpha value is -0.940. The molecule has 0 spiro atoms. The molecule has 90 valence electrons. The summed E-state index contributed by atoms with van der Waals surface area (Å²) in [4.78, 5) is 19.0. The summed E-state index contributed by atoms with van der Waals surface area (Å²) < 4.78 is 0. The maximum atomic E-state index is 11.7. The van der Waals surface area contributed by atoms with Gasteiger partial charge in [0.2, 0.25) is 5.91 Å². The Kier molecular flexibility index (Phi) is 4.44. The van der Waals surface area contributed by atoms with Gasteiger partial charge in [-0.3, -0.25) is 4.79 Å². The van der Waals surface area contributed by atoms with Crippen LogP contribution in [0.3, 0.4) is 0 Å². The lowest BCUT2D eigenvalue weighted by Gasteiger charge is -2.24. The summed E-state index contributed by atoms with van der Waals surface area (Å²) in [5.41, 5.74) is 1.03. The lowest BCUT2D eigenvalue weighted by atomic mass is 10.2. The Bertz CT molecular complexity index is 375. The van der Waals surface area contributed by atoms with Crippen LogP contribution in [0.4, 0.5) is 0 Å². The number of aromatic nitrogens is 1. The largest absolute Gasteiger partial charge is 0.337 e. The van der Waals surface area contributed by atoms with Crippen LogP contribution in [0.25, 0.3) is 0 Å². The van der Waals surface area contributed by atoms with Crippen LogP contribution >= 0.6 is 11.3 Å². The number of nitrogens with one attached hydrogen (secondary N) is 1. The van der Waals surface area contributed by atoms with Crippen molar-refractivity contribution in [3.63, 3.8) is 0 Å². The Morgan fingerprint density at radius 2 is 2.19 bits per heavy atom. The summed E-state index contributed by atoms with van der Waals surface area (Å²) in [7, 11) is 3.61. The Morgan fingerprint density at radius 1 is 1.56 bits per heavy atom. The van der Waals surface area contributed by atoms with Crippen molar-refractivity contribution >= 4 is 17.2 Å². The summed E-state index contributed by atoms with van der Waals surface area (Å²) >= 11 is 1.66. The van der Waals surface area contributed by atoms with Crippen molar-refractivity contribution < 1.29 is 4.79 Å². The van der Waals surface area contributed by atoms with Crippen molar-refractivity contribution in [2.75, 3.05) is 20.6 Å². The van der Waals surface area contributed by atoms with E-state index in [2.05, 4.69) is 10.3 Å². The predicted octanol–water partition coefficient (Wildman–Crippen LogP) is 1.50. The highest BCUT2D eigenvalue weighted by atomic mass is 32.1. The first-order valence-electron chi connectivity index (χ1n) is 5.31. The second-order valence-corrected chi connectivity index (χ2v) is 5.13. The molecule has 0 aliphatic carbocycles. The fraction of sp³-hybridized carbons (Fsp3) is 0.636. The van der Waals surface area contributed by atoms with Gasteiger partial charge in [-0.25, -0.2) is 4.98 Å². The Balaban J connectivity index is 2.81. The van der Waals surface area contributed by atoms with Crippen LogP contribution in [-0.4, -0.2) is 36.4 Å². The number of rotatable bonds is 4. The quantitative estimate of drug-likeness (QED) is 0.869. The SMILES string of the molecule is CNCC(=O)N(C)C(C)c1sc(C)nc1C. The summed E-state index contributed by atoms with van der Waals surface area (Å²) in [6, 6.07) is 0.0899. The van der Waals surface area contributed by atoms with Crippen molar-refractivity contribution in [2.45, 2.75) is 26.8 Å². The molecule has 1 aromatic heterocycles. The van der Waals surface area contributed by atoms with E-state index in [9.17, 15) is 4.79 Å². The second kappa shape index (κ2) is 5.41. The smallest absolute Gasteiger partial charge is 0.236 e. The first kappa shape index (κ1) is 13.1. The number of thiazole rings is 1. The van der Waals surface area contributed by atoms with Crippen LogP contribution in [-0.2, 0) is 4.79 Å². The minimum atomic E-state index is 0.0899. The molecule has 0 radical (unpaired) electrons. The zero-order chi connectivity index (χ0) is 12.3. The molecule has 1 atom stereocenters. The van der Waals surface area contributed by atoms with E-state index in [0.717, 1.165) is 10.7 Å². The van der Waals surface area contributed by atoms with Crippen molar-refractivity contribution in [1.82, 2.24) is 15.2 Å². The molecule has 0 aliphatic heterocycles. The molecule has 1 amide bonds. The molecule has 1 unspecified atom stereocenters. The van der Waals surface area contributed by atoms with E-state index in [4.69, 9.17) is 0 Å². The number of hydrogen-bond donors (Lipinski definition) is 1. The molecule has 1 N–H and O–H groups in total. The molecule has 1 heterocycles. The summed E-state index contributed by atoms with van der Waals surface area (Å²) in [6.07, 6.45) is 0. The summed E-state index contributed by atoms with van der Waals surface area (Å²) in [6.45, 7) is 6.39. The molecule has 0 fully saturated rings. The molecule has 0 bridgehead atoms. The van der Waals surface area contributed by atoms with E-state index in [1.54, 1.807) is 23.3 Å². The normalized spacial score (nSPS) is 12.6. The average Bonchev–Trinajstić information content (AvgIpc) is 2.56. The monoisotopic (exact) mass is 241 g/mol. The highest BCUT2D eigenvalue weighted by Gasteiger charge is 2.20. The minimum absolute atomic E-state index is 0.0899. The number of amides is 1. The first-order chi connectivity index (χ1) is 7.47. The topological polar surface area (TPSA) is 45.2 Å². The maximum absolute atomic E-state index is 11.7. The van der Waals surface area contributed by atoms with Crippen LogP contribution in [0.5, 0.6) is 0 Å². The van der Waals surface area contributed by atoms with Gasteiger partial charge in [0, 0.05) is 11.9 Å². The van der Waals surface area contributed by atoms with E-state index in [1.165, 1.54) is 4.88 Å². The molecule has 5 heteroatoms. The minimum Gasteiger partial charge on any atom is -0.337 e. The van der Waals surface area contributed by atoms with Crippen LogP contribution in [0, 0.1) is 13.8 Å². The lowest BCUT2D eigenvalue weighted by Crippen LogP contribution is -2.35. The third-order valence-corrected chi connectivity index (χ3v) is 3.86. The van der Waals surface area contributed by atoms with Gasteiger partial charge in [-0.15, -0.1) is 11.3 Å². The van der Waals surface area contributed by atoms with Gasteiger partial charge in [-0.1, -0.05) is 0 Å². The maximum Gasteiger partial charge on any atom is 0.236 e. The summed E-state index contributed by atoms with van der Waals surface area (Å²) in [5, 5.41) is 3.92. The number of carbonyl (C=O) groups is 1. The average molecular weight is 241 g/mol. The molecule has 4 nitrogen and oxygen atoms in total. The summed E-state index contributed by atoms with van der Waals surface area (Å²) in [5.74, 6) is 0.0976. The van der Waals surface area contributed by atoms with Gasteiger partial charge in [0.15, 0.2) is 0 Å². The van der Waals surface area contributed by atoms with Gasteiger partial charge in [0.05, 0.1) is 23.3 Å². The molecule has 0 aliphatic rings. The van der Waals surface area contributed by atoms with E-state index in [-0.39, 0.29) is 11.9 Å². The number of carbonyl (C=O) groups excluding carboxylic acids is 1. The van der Waals surface area contributed by atoms with Gasteiger partial charge < -0.3 is 10.2 Å². The molecule has 16 heavy (non-hydrogen) atoms. The van der Waals surface area contributed by atoms with Crippen LogP contribution in [0.1, 0.15) is 28.5 Å². The highest BCUT2D eigenvalue weighted by molar-refractivity contribution is 7.11. The molecule has 1 aromatic rings. The van der Waals surface area contributed by atoms with Gasteiger partial charge in [-0.2, -0.15) is 0 Å². The highest BCUT2D eigenvalue weighted by Crippen LogP contribution is 2.27. The van der Waals surface area contributed by atoms with Gasteiger partial charge in [0.25, 0.3) is 0 Å². The number of hydrogen-bond acceptors (Lipinski definition) is 4. The van der Waals surface area contributed by atoms with Crippen LogP contribution in [0.15, 0.2) is 0 Å². The van der Waals surface area contributed by atoms with Gasteiger partial charge in [0.1, 0.15) is 0 Å². The molecule has 0 aromatic carbocycles. The standard InChI is InChI=1S/C11H19N3OS/c1-7-11(16-9(3)13-7)8(2)14(5)10(15)6-12-4/h8,12H,6H2,1-5H3. The number of nitrogens with zero attached hydrogens (tertiary/aromatic N) is 2. The van der Waals surface area contributed by atoms with Crippen LogP contribution in [0.2, 0.25) is 0 Å². The van der Waals surface area contributed by atoms with E-state index < -0.39 is 0 Å². The Labute approximate surface area is 101 Å². The third-order valence-electron chi connectivity index (χ3n) is 2.62. The van der Waals surface area contributed by atoms with Crippen LogP contribution < -0.4 is 5.32 Å². The second-order valence-electron chi connectivity index (χ2n) is 3.89. The molecular formula is C11H19N3OS. The number of aryl methyl sites for hydroxylation is 2. The first-order valence-corrected chi connectivity index (χ1v) is 6.13. The molecule has 0 saturated carbocycles. The van der Waals surface area contributed by atoms with Crippen molar-refractivity contribution in [3.8, 4) is 0 Å². The molecule has 0 saturated heterocycles. The third kappa shape index (κ3) is 2.80. The van der Waals surface area contributed by atoms with Crippen molar-refractivity contribution in [1.29, 1.82) is 0 Å². The zero-order valence-electron chi connectivity index (χ0n) is 10.5. The van der Waals surface area contributed by atoms with E-state index in [1.807, 2.05) is 27.8 Å². The molecule has 1 rings (SSSR count). The predicted molar refractivity (Wildman–Crippen MR) is 66.7 cm³/mol. The molecular weight excluding hydrogens is 222 g/mol. The fourth-order valence-corrected chi connectivity index (χ4v) is 2.63. The number of likely N-dealkylation sites (N-methyl/N-ethyl adjacent to an activating group) is 2. The zero-order valence-corrected chi connectivity index (χ0v) is 11.3. The lowest BCUT2D eigenvalue weighted by molar-refractivity contribution is -0.130. The van der Waals surface area contributed by atoms with E-state index in [0.29, 0.717) is 6.54 Å². The Morgan fingerprint density at radius 3 is 2.62 bits per heavy atom. The van der Waals surface area contributed by atoms with Gasteiger partial charge in [-0.05, 0) is 27.8 Å². The van der Waals surface area contributed by atoms with Crippen molar-refractivity contribution in [2.24, 2.45) is 0 Å². The van der Waals surface area contributed by atoms with E-state index >= 15 is 0 Å².